The highest BCUT2D eigenvalue weighted by Crippen LogP contribution is 2.28. The van der Waals surface area contributed by atoms with Gasteiger partial charge in [-0.05, 0) is 51.0 Å². The molecule has 2 N–H and O–H groups in total. The van der Waals surface area contributed by atoms with E-state index in [0.717, 1.165) is 18.7 Å². The van der Waals surface area contributed by atoms with Crippen LogP contribution in [0.3, 0.4) is 0 Å². The van der Waals surface area contributed by atoms with Crippen LogP contribution < -0.4 is 20.1 Å². The number of hydrogen-bond acceptors (Lipinski definition) is 4. The van der Waals surface area contributed by atoms with E-state index in [1.54, 1.807) is 0 Å². The lowest BCUT2D eigenvalue weighted by Crippen LogP contribution is -2.43. The van der Waals surface area contributed by atoms with Crippen molar-refractivity contribution in [1.82, 2.24) is 10.6 Å². The molecule has 2 rings (SSSR count). The molecule has 0 aliphatic rings. The van der Waals surface area contributed by atoms with Crippen molar-refractivity contribution in [3.63, 3.8) is 0 Å². The monoisotopic (exact) mass is 406 g/mol. The summed E-state index contributed by atoms with van der Waals surface area (Å²) in [4.78, 5) is 12.0. The van der Waals surface area contributed by atoms with Gasteiger partial charge in [-0.25, -0.2) is 0 Å². The Kier molecular flexibility index (Phi) is 9.83. The summed E-state index contributed by atoms with van der Waals surface area (Å²) in [6, 6.07) is 16.1. The summed E-state index contributed by atoms with van der Waals surface area (Å²) >= 11 is 0. The molecule has 0 saturated heterocycles. The van der Waals surface area contributed by atoms with Crippen LogP contribution in [0.5, 0.6) is 11.5 Å². The second-order valence-corrected chi connectivity index (χ2v) is 7.39. The van der Waals surface area contributed by atoms with E-state index in [4.69, 9.17) is 9.47 Å². The fourth-order valence-electron chi connectivity index (χ4n) is 2.59. The van der Waals surface area contributed by atoms with E-state index in [1.165, 1.54) is 5.56 Å². The van der Waals surface area contributed by atoms with Gasteiger partial charge in [0.25, 0.3) is 5.91 Å². The first-order valence-electron chi connectivity index (χ1n) is 9.31. The van der Waals surface area contributed by atoms with Gasteiger partial charge >= 0.3 is 0 Å². The van der Waals surface area contributed by atoms with Crippen LogP contribution in [0.25, 0.3) is 0 Å². The van der Waals surface area contributed by atoms with E-state index < -0.39 is 0 Å². The van der Waals surface area contributed by atoms with Gasteiger partial charge in [0, 0.05) is 18.6 Å². The van der Waals surface area contributed by atoms with E-state index in [1.807, 2.05) is 64.1 Å². The van der Waals surface area contributed by atoms with Gasteiger partial charge < -0.3 is 20.1 Å². The molecule has 2 aromatic rings. The average Bonchev–Trinajstić information content (AvgIpc) is 2.61. The normalized spacial score (nSPS) is 10.7. The molecule has 6 heteroatoms. The van der Waals surface area contributed by atoms with Crippen molar-refractivity contribution in [3.05, 3.63) is 59.7 Å². The molecule has 0 saturated carbocycles. The molecule has 0 heterocycles. The maximum Gasteiger partial charge on any atom is 0.258 e. The van der Waals surface area contributed by atoms with E-state index in [-0.39, 0.29) is 30.5 Å². The van der Waals surface area contributed by atoms with E-state index >= 15 is 0 Å². The molecule has 0 bridgehead atoms. The van der Waals surface area contributed by atoms with Crippen molar-refractivity contribution < 1.29 is 14.3 Å². The second-order valence-electron chi connectivity index (χ2n) is 7.39. The predicted octanol–water partition coefficient (Wildman–Crippen LogP) is 4.09. The molecule has 28 heavy (non-hydrogen) atoms. The summed E-state index contributed by atoms with van der Waals surface area (Å²) in [5, 5.41) is 6.30. The zero-order valence-electron chi connectivity index (χ0n) is 17.1. The molecule has 0 radical (unpaired) electrons. The largest absolute Gasteiger partial charge is 0.490 e. The number of hydrogen-bond donors (Lipinski definition) is 2. The molecule has 1 amide bonds. The van der Waals surface area contributed by atoms with Gasteiger partial charge in [0.1, 0.15) is 0 Å². The van der Waals surface area contributed by atoms with Crippen molar-refractivity contribution in [2.45, 2.75) is 46.3 Å². The summed E-state index contributed by atoms with van der Waals surface area (Å²) in [5.41, 5.74) is 2.06. The maximum atomic E-state index is 12.0. The molecule has 0 aromatic heterocycles. The highest BCUT2D eigenvalue weighted by Gasteiger charge is 2.15. The molecule has 0 aliphatic heterocycles. The van der Waals surface area contributed by atoms with Crippen LogP contribution in [-0.2, 0) is 17.9 Å². The Morgan fingerprint density at radius 1 is 0.929 bits per heavy atom. The number of carbonyl (C=O) groups is 1. The molecular weight excluding hydrogens is 376 g/mol. The van der Waals surface area contributed by atoms with Crippen LogP contribution >= 0.6 is 12.4 Å². The first-order chi connectivity index (χ1) is 12.9. The lowest BCUT2D eigenvalue weighted by molar-refractivity contribution is -0.124. The zero-order valence-corrected chi connectivity index (χ0v) is 17.9. The van der Waals surface area contributed by atoms with Crippen LogP contribution in [0.15, 0.2) is 48.5 Å². The predicted molar refractivity (Wildman–Crippen MR) is 115 cm³/mol. The Balaban J connectivity index is 0.00000392. The third-order valence-electron chi connectivity index (χ3n) is 3.68. The van der Waals surface area contributed by atoms with E-state index in [9.17, 15) is 4.79 Å². The molecule has 0 atom stereocenters. The van der Waals surface area contributed by atoms with Crippen molar-refractivity contribution in [1.29, 1.82) is 0 Å². The number of amides is 1. The maximum absolute atomic E-state index is 12.0. The van der Waals surface area contributed by atoms with Crippen LogP contribution in [0.4, 0.5) is 0 Å². The van der Waals surface area contributed by atoms with Crippen molar-refractivity contribution in [2.75, 3.05) is 13.2 Å². The molecule has 0 fully saturated rings. The minimum Gasteiger partial charge on any atom is -0.490 e. The molecule has 154 valence electrons. The smallest absolute Gasteiger partial charge is 0.258 e. The molecule has 5 nitrogen and oxygen atoms in total. The first kappa shape index (κ1) is 23.8. The Bertz CT molecular complexity index is 730. The van der Waals surface area contributed by atoms with Crippen LogP contribution in [0.1, 0.15) is 38.8 Å². The van der Waals surface area contributed by atoms with Crippen LogP contribution in [-0.4, -0.2) is 24.7 Å². The summed E-state index contributed by atoms with van der Waals surface area (Å²) in [6.45, 7) is 9.76. The number of halogens is 1. The minimum atomic E-state index is -0.280. The quantitative estimate of drug-likeness (QED) is 0.658. The topological polar surface area (TPSA) is 59.6 Å². The summed E-state index contributed by atoms with van der Waals surface area (Å²) in [6.07, 6.45) is 0. The number of nitrogens with one attached hydrogen (secondary N) is 2. The fourth-order valence-corrected chi connectivity index (χ4v) is 2.59. The summed E-state index contributed by atoms with van der Waals surface area (Å²) in [5.74, 6) is 1.08. The Morgan fingerprint density at radius 3 is 2.25 bits per heavy atom. The molecule has 0 spiro atoms. The van der Waals surface area contributed by atoms with Crippen molar-refractivity contribution in [3.8, 4) is 11.5 Å². The third kappa shape index (κ3) is 8.63. The van der Waals surface area contributed by atoms with Crippen LogP contribution in [0.2, 0.25) is 0 Å². The molecular formula is C22H31ClN2O3. The van der Waals surface area contributed by atoms with Gasteiger partial charge in [0.2, 0.25) is 0 Å². The molecule has 0 aliphatic carbocycles. The third-order valence-corrected chi connectivity index (χ3v) is 3.68. The Labute approximate surface area is 174 Å². The lowest BCUT2D eigenvalue weighted by atomic mass is 10.1. The Hall–Kier alpha value is -2.24. The highest BCUT2D eigenvalue weighted by atomic mass is 35.5. The van der Waals surface area contributed by atoms with Gasteiger partial charge in [-0.1, -0.05) is 36.4 Å². The SMILES string of the molecule is CCOc1cc(CNCc2ccccc2)ccc1OCC(=O)NC(C)(C)C.Cl. The van der Waals surface area contributed by atoms with Gasteiger partial charge in [-0.15, -0.1) is 12.4 Å². The zero-order chi connectivity index (χ0) is 19.7. The van der Waals surface area contributed by atoms with Gasteiger partial charge in [0.15, 0.2) is 18.1 Å². The first-order valence-corrected chi connectivity index (χ1v) is 9.31. The van der Waals surface area contributed by atoms with Gasteiger partial charge in [-0.3, -0.25) is 4.79 Å². The summed E-state index contributed by atoms with van der Waals surface area (Å²) < 4.78 is 11.4. The lowest BCUT2D eigenvalue weighted by Gasteiger charge is -2.21. The Morgan fingerprint density at radius 2 is 1.61 bits per heavy atom. The van der Waals surface area contributed by atoms with E-state index in [2.05, 4.69) is 22.8 Å². The van der Waals surface area contributed by atoms with E-state index in [0.29, 0.717) is 18.1 Å². The standard InChI is InChI=1S/C22H30N2O3.ClH/c1-5-26-20-13-18(15-23-14-17-9-7-6-8-10-17)11-12-19(20)27-16-21(25)24-22(2,3)4;/h6-13,23H,5,14-16H2,1-4H3,(H,24,25);1H. The number of benzene rings is 2. The number of rotatable bonds is 9. The second kappa shape index (κ2) is 11.6. The van der Waals surface area contributed by atoms with Gasteiger partial charge in [0.05, 0.1) is 6.61 Å². The van der Waals surface area contributed by atoms with Crippen LogP contribution in [0, 0.1) is 0 Å². The van der Waals surface area contributed by atoms with Crippen molar-refractivity contribution in [2.24, 2.45) is 0 Å². The van der Waals surface area contributed by atoms with Crippen molar-refractivity contribution >= 4 is 18.3 Å². The molecule has 2 aromatic carbocycles. The van der Waals surface area contributed by atoms with Gasteiger partial charge in [-0.2, -0.15) is 0 Å². The number of carbonyl (C=O) groups excluding carboxylic acids is 1. The number of ether oxygens (including phenoxy) is 2. The average molecular weight is 407 g/mol. The minimum absolute atomic E-state index is 0. The summed E-state index contributed by atoms with van der Waals surface area (Å²) in [7, 11) is 0. The fraction of sp³-hybridized carbons (Fsp3) is 0.409. The molecule has 0 unspecified atom stereocenters. The highest BCUT2D eigenvalue weighted by molar-refractivity contribution is 5.85.